The summed E-state index contributed by atoms with van der Waals surface area (Å²) in [5.74, 6) is -1.38. The highest BCUT2D eigenvalue weighted by Gasteiger charge is 2.44. The monoisotopic (exact) mass is 601 g/mol. The van der Waals surface area contributed by atoms with Crippen LogP contribution in [0, 0.1) is 16.7 Å². The number of hydrogen-bond donors (Lipinski definition) is 2. The highest BCUT2D eigenvalue weighted by molar-refractivity contribution is 6.10. The number of carbonyl (C=O) groups is 2. The van der Waals surface area contributed by atoms with Crippen LogP contribution in [0.2, 0.25) is 0 Å². The fourth-order valence-corrected chi connectivity index (χ4v) is 4.96. The van der Waals surface area contributed by atoms with Crippen molar-refractivity contribution in [2.45, 2.75) is 53.3 Å². The molecule has 232 valence electrons. The van der Waals surface area contributed by atoms with E-state index in [1.165, 1.54) is 19.1 Å². The number of benzene rings is 2. The lowest BCUT2D eigenvalue weighted by atomic mass is 9.87. The molecule has 2 aromatic rings. The second-order valence-corrected chi connectivity index (χ2v) is 10.1. The average Bonchev–Trinajstić information content (AvgIpc) is 2.99. The number of nitriles is 1. The number of quaternary nitrogens is 1. The third kappa shape index (κ3) is 7.35. The minimum atomic E-state index is -4.66. The van der Waals surface area contributed by atoms with Crippen LogP contribution in [0.3, 0.4) is 0 Å². The lowest BCUT2D eigenvalue weighted by Gasteiger charge is -2.43. The number of nitrogens with one attached hydrogen (secondary N) is 1. The van der Waals surface area contributed by atoms with Gasteiger partial charge in [0.15, 0.2) is 0 Å². The molecule has 0 saturated heterocycles. The molecule has 0 aromatic heterocycles. The minimum absolute atomic E-state index is 0.0751. The number of alkyl halides is 3. The SMILES string of the molecule is CC.CC[N+](C)(CC)CCc1cc(C#N)ccc1[C@@H]1C(C(=O)OC)=C(C)N(c2cccc(C(F)(F)F)c2)C(=N)N1C(N)=O. The number of halogens is 3. The first-order valence-electron chi connectivity index (χ1n) is 14.0. The van der Waals surface area contributed by atoms with E-state index < -0.39 is 35.7 Å². The van der Waals surface area contributed by atoms with Crippen LogP contribution in [0.5, 0.6) is 0 Å². The number of urea groups is 1. The lowest BCUT2D eigenvalue weighted by molar-refractivity contribution is -0.905. The predicted molar refractivity (Wildman–Crippen MR) is 159 cm³/mol. The number of hydrogen-bond acceptors (Lipinski definition) is 5. The molecule has 0 unspecified atom stereocenters. The first kappa shape index (κ1) is 34.8. The third-order valence-corrected chi connectivity index (χ3v) is 7.79. The van der Waals surface area contributed by atoms with Crippen LogP contribution >= 0.6 is 0 Å². The predicted octanol–water partition coefficient (Wildman–Crippen LogP) is 5.96. The highest BCUT2D eigenvalue weighted by atomic mass is 19.4. The minimum Gasteiger partial charge on any atom is -0.466 e. The van der Waals surface area contributed by atoms with E-state index >= 15 is 0 Å². The Morgan fingerprint density at radius 3 is 2.28 bits per heavy atom. The molecular weight excluding hydrogens is 561 g/mol. The number of primary amides is 1. The number of amides is 2. The molecule has 1 atom stereocenters. The molecule has 0 aliphatic carbocycles. The van der Waals surface area contributed by atoms with E-state index in [1.54, 1.807) is 18.2 Å². The Hall–Kier alpha value is -4.37. The number of methoxy groups -OCH3 is 1. The summed E-state index contributed by atoms with van der Waals surface area (Å²) in [6.07, 6.45) is -4.19. The van der Waals surface area contributed by atoms with Crippen molar-refractivity contribution in [1.29, 1.82) is 10.7 Å². The van der Waals surface area contributed by atoms with E-state index in [9.17, 15) is 28.0 Å². The summed E-state index contributed by atoms with van der Waals surface area (Å²) >= 11 is 0. The third-order valence-electron chi connectivity index (χ3n) is 7.79. The maximum atomic E-state index is 13.5. The molecule has 0 spiro atoms. The Bertz CT molecular complexity index is 1430. The van der Waals surface area contributed by atoms with Gasteiger partial charge in [-0.2, -0.15) is 18.4 Å². The lowest BCUT2D eigenvalue weighted by Crippen LogP contribution is -2.55. The number of carbonyl (C=O) groups excluding carboxylic acids is 2. The molecule has 3 N–H and O–H groups in total. The van der Waals surface area contributed by atoms with Gasteiger partial charge < -0.3 is 15.0 Å². The Kier molecular flexibility index (Phi) is 11.5. The van der Waals surface area contributed by atoms with Gasteiger partial charge >= 0.3 is 18.2 Å². The molecule has 1 heterocycles. The average molecular weight is 602 g/mol. The van der Waals surface area contributed by atoms with Crippen molar-refractivity contribution in [1.82, 2.24) is 4.90 Å². The molecular formula is C31H40F3N6O3+. The zero-order valence-corrected chi connectivity index (χ0v) is 25.7. The standard InChI is InChI=1S/C29H33F3N6O3.C2H6/c1-6-38(4,7-2)14-13-20-15-19(17-33)11-12-23(20)25-24(26(39)41-5)18(3)36(27(34)37(25)28(35)40)22-10-8-9-21(16-22)29(30,31)32;1-2/h8-12,15-16,25,34H,6-7,13-14H2,1-5H3,(H-,35,40);1-2H3/p+1/t25-;/m1./s1. The molecule has 0 fully saturated rings. The summed E-state index contributed by atoms with van der Waals surface area (Å²) in [7, 11) is 3.24. The van der Waals surface area contributed by atoms with Gasteiger partial charge in [0.1, 0.15) is 6.04 Å². The molecule has 2 amide bonds. The van der Waals surface area contributed by atoms with Crippen molar-refractivity contribution in [2.75, 3.05) is 38.7 Å². The normalized spacial score (nSPS) is 15.5. The zero-order valence-electron chi connectivity index (χ0n) is 25.7. The molecule has 43 heavy (non-hydrogen) atoms. The molecule has 1 aliphatic rings. The van der Waals surface area contributed by atoms with Gasteiger partial charge in [0.2, 0.25) is 5.96 Å². The largest absolute Gasteiger partial charge is 0.466 e. The van der Waals surface area contributed by atoms with E-state index in [4.69, 9.17) is 15.9 Å². The van der Waals surface area contributed by atoms with Gasteiger partial charge in [0, 0.05) is 17.8 Å². The van der Waals surface area contributed by atoms with Gasteiger partial charge in [-0.25, -0.2) is 9.59 Å². The van der Waals surface area contributed by atoms with Crippen LogP contribution < -0.4 is 10.6 Å². The van der Waals surface area contributed by atoms with Gasteiger partial charge in [-0.05, 0) is 62.2 Å². The van der Waals surface area contributed by atoms with Crippen LogP contribution in [0.1, 0.15) is 62.9 Å². The molecule has 12 heteroatoms. The van der Waals surface area contributed by atoms with Crippen LogP contribution in [-0.4, -0.2) is 61.1 Å². The van der Waals surface area contributed by atoms with E-state index in [0.29, 0.717) is 29.7 Å². The smallest absolute Gasteiger partial charge is 0.416 e. The van der Waals surface area contributed by atoms with Crippen molar-refractivity contribution in [2.24, 2.45) is 5.73 Å². The van der Waals surface area contributed by atoms with Gasteiger partial charge in [-0.3, -0.25) is 15.2 Å². The molecule has 3 rings (SSSR count). The summed E-state index contributed by atoms with van der Waals surface area (Å²) in [4.78, 5) is 28.1. The number of esters is 1. The molecule has 1 aliphatic heterocycles. The topological polar surface area (TPSA) is 124 Å². The number of ether oxygens (including phenoxy) is 1. The van der Waals surface area contributed by atoms with E-state index in [0.717, 1.165) is 46.6 Å². The summed E-state index contributed by atoms with van der Waals surface area (Å²) in [6, 6.07) is 8.84. The van der Waals surface area contributed by atoms with Crippen LogP contribution in [0.25, 0.3) is 0 Å². The van der Waals surface area contributed by atoms with E-state index in [-0.39, 0.29) is 17.0 Å². The molecule has 0 bridgehead atoms. The zero-order chi connectivity index (χ0) is 32.7. The fourth-order valence-electron chi connectivity index (χ4n) is 4.96. The number of anilines is 1. The molecule has 2 aromatic carbocycles. The summed E-state index contributed by atoms with van der Waals surface area (Å²) in [5.41, 5.74) is 6.23. The summed E-state index contributed by atoms with van der Waals surface area (Å²) in [6.45, 7) is 12.0. The molecule has 9 nitrogen and oxygen atoms in total. The quantitative estimate of drug-likeness (QED) is 0.286. The van der Waals surface area contributed by atoms with E-state index in [2.05, 4.69) is 27.0 Å². The van der Waals surface area contributed by atoms with Crippen molar-refractivity contribution in [3.8, 4) is 6.07 Å². The molecule has 0 saturated carbocycles. The van der Waals surface area contributed by atoms with Crippen LogP contribution in [0.4, 0.5) is 23.7 Å². The van der Waals surface area contributed by atoms with Gasteiger partial charge in [0.25, 0.3) is 0 Å². The van der Waals surface area contributed by atoms with Gasteiger partial charge in [-0.15, -0.1) is 0 Å². The summed E-state index contributed by atoms with van der Waals surface area (Å²) in [5, 5.41) is 18.5. The Balaban J connectivity index is 0.00000316. The van der Waals surface area contributed by atoms with Gasteiger partial charge in [-0.1, -0.05) is 26.0 Å². The second kappa shape index (κ2) is 14.2. The van der Waals surface area contributed by atoms with Crippen LogP contribution in [-0.2, 0) is 22.1 Å². The highest BCUT2D eigenvalue weighted by Crippen LogP contribution is 2.42. The number of guanidine groups is 1. The van der Waals surface area contributed by atoms with E-state index in [1.807, 2.05) is 13.8 Å². The van der Waals surface area contributed by atoms with Crippen molar-refractivity contribution < 1.29 is 32.0 Å². The first-order valence-corrected chi connectivity index (χ1v) is 14.0. The summed E-state index contributed by atoms with van der Waals surface area (Å²) < 4.78 is 46.4. The van der Waals surface area contributed by atoms with Crippen molar-refractivity contribution in [3.05, 3.63) is 76.0 Å². The number of allylic oxidation sites excluding steroid dienone is 1. The Morgan fingerprint density at radius 1 is 1.14 bits per heavy atom. The number of rotatable bonds is 8. The number of likely N-dealkylation sites (N-methyl/N-ethyl adjacent to an activating group) is 1. The fraction of sp³-hybridized carbons (Fsp3) is 0.419. The number of nitrogens with two attached hydrogens (primary N) is 1. The van der Waals surface area contributed by atoms with Crippen LogP contribution in [0.15, 0.2) is 53.7 Å². The van der Waals surface area contributed by atoms with Gasteiger partial charge in [0.05, 0.1) is 56.6 Å². The maximum Gasteiger partial charge on any atom is 0.416 e. The Morgan fingerprint density at radius 2 is 1.77 bits per heavy atom. The first-order chi connectivity index (χ1) is 20.2. The molecule has 0 radical (unpaired) electrons. The number of nitrogens with zero attached hydrogens (tertiary/aromatic N) is 4. The maximum absolute atomic E-state index is 13.5. The van der Waals surface area contributed by atoms with Crippen molar-refractivity contribution in [3.63, 3.8) is 0 Å². The second-order valence-electron chi connectivity index (χ2n) is 10.1. The Labute approximate surface area is 251 Å². The van der Waals surface area contributed by atoms with Crippen molar-refractivity contribution >= 4 is 23.6 Å².